The Bertz CT molecular complexity index is 369. The average Bonchev–Trinajstić information content (AvgIpc) is 2.25. The normalized spacial score (nSPS) is 12.8. The van der Waals surface area contributed by atoms with Crippen LogP contribution in [0.3, 0.4) is 0 Å². The molecule has 1 aromatic rings. The molecule has 0 spiro atoms. The van der Waals surface area contributed by atoms with E-state index in [0.29, 0.717) is 6.04 Å². The zero-order valence-corrected chi connectivity index (χ0v) is 12.5. The van der Waals surface area contributed by atoms with E-state index in [9.17, 15) is 0 Å². The van der Waals surface area contributed by atoms with E-state index >= 15 is 0 Å². The van der Waals surface area contributed by atoms with Crippen LogP contribution in [-0.4, -0.2) is 18.6 Å². The number of hydrogen-bond donors (Lipinski definition) is 1. The Morgan fingerprint density at radius 1 is 1.22 bits per heavy atom. The van der Waals surface area contributed by atoms with Crippen molar-refractivity contribution in [1.29, 1.82) is 0 Å². The van der Waals surface area contributed by atoms with E-state index in [1.54, 1.807) is 0 Å². The average molecular weight is 248 g/mol. The van der Waals surface area contributed by atoms with Crippen LogP contribution in [-0.2, 0) is 6.42 Å². The minimum Gasteiger partial charge on any atom is -0.369 e. The van der Waals surface area contributed by atoms with Gasteiger partial charge in [-0.05, 0) is 57.7 Å². The molecule has 0 saturated heterocycles. The van der Waals surface area contributed by atoms with Gasteiger partial charge in [-0.2, -0.15) is 0 Å². The lowest BCUT2D eigenvalue weighted by Gasteiger charge is -2.30. The summed E-state index contributed by atoms with van der Waals surface area (Å²) in [6.45, 7) is 12.1. The monoisotopic (exact) mass is 248 g/mol. The minimum atomic E-state index is 0.229. The molecule has 0 aromatic heterocycles. The van der Waals surface area contributed by atoms with Crippen LogP contribution >= 0.6 is 0 Å². The van der Waals surface area contributed by atoms with Crippen LogP contribution in [0.2, 0.25) is 0 Å². The Labute approximate surface area is 112 Å². The maximum Gasteiger partial charge on any atom is 0.0398 e. The lowest BCUT2D eigenvalue weighted by atomic mass is 10.0. The molecule has 2 nitrogen and oxygen atoms in total. The molecule has 0 radical (unpaired) electrons. The summed E-state index contributed by atoms with van der Waals surface area (Å²) >= 11 is 0. The molecule has 102 valence electrons. The van der Waals surface area contributed by atoms with Crippen molar-refractivity contribution in [2.75, 3.05) is 11.4 Å². The van der Waals surface area contributed by atoms with E-state index in [4.69, 9.17) is 5.73 Å². The first kappa shape index (κ1) is 15.0. The van der Waals surface area contributed by atoms with Crippen LogP contribution in [0.1, 0.15) is 45.2 Å². The highest BCUT2D eigenvalue weighted by atomic mass is 15.1. The molecule has 0 heterocycles. The van der Waals surface area contributed by atoms with Crippen molar-refractivity contribution in [2.45, 2.75) is 59.5 Å². The summed E-state index contributed by atoms with van der Waals surface area (Å²) in [6, 6.07) is 7.53. The van der Waals surface area contributed by atoms with Gasteiger partial charge in [-0.3, -0.25) is 0 Å². The smallest absolute Gasteiger partial charge is 0.0398 e. The van der Waals surface area contributed by atoms with Gasteiger partial charge in [0.2, 0.25) is 0 Å². The number of benzene rings is 1. The molecular weight excluding hydrogens is 220 g/mol. The van der Waals surface area contributed by atoms with Crippen molar-refractivity contribution < 1.29 is 0 Å². The van der Waals surface area contributed by atoms with Crippen LogP contribution in [0.15, 0.2) is 18.2 Å². The third-order valence-corrected chi connectivity index (χ3v) is 3.22. The quantitative estimate of drug-likeness (QED) is 0.834. The van der Waals surface area contributed by atoms with Crippen LogP contribution in [0, 0.1) is 6.92 Å². The Balaban J connectivity index is 2.95. The van der Waals surface area contributed by atoms with Gasteiger partial charge in [-0.15, -0.1) is 0 Å². The van der Waals surface area contributed by atoms with Gasteiger partial charge in [0, 0.05) is 24.3 Å². The predicted octanol–water partition coefficient (Wildman–Crippen LogP) is 3.51. The number of rotatable bonds is 6. The number of nitrogens with zero attached hydrogens (tertiary/aromatic N) is 1. The van der Waals surface area contributed by atoms with E-state index in [1.165, 1.54) is 23.2 Å². The van der Waals surface area contributed by atoms with Gasteiger partial charge in [0.05, 0.1) is 0 Å². The first-order chi connectivity index (χ1) is 8.45. The molecule has 0 bridgehead atoms. The summed E-state index contributed by atoms with van der Waals surface area (Å²) < 4.78 is 0. The Hall–Kier alpha value is -1.02. The van der Waals surface area contributed by atoms with E-state index < -0.39 is 0 Å². The summed E-state index contributed by atoms with van der Waals surface area (Å²) in [5.41, 5.74) is 9.92. The van der Waals surface area contributed by atoms with Crippen molar-refractivity contribution >= 4 is 5.69 Å². The number of anilines is 1. The molecule has 1 unspecified atom stereocenters. The van der Waals surface area contributed by atoms with Gasteiger partial charge in [-0.25, -0.2) is 0 Å². The Kier molecular flexibility index (Phi) is 5.67. The molecular formula is C16H28N2. The van der Waals surface area contributed by atoms with E-state index in [-0.39, 0.29) is 6.04 Å². The van der Waals surface area contributed by atoms with Gasteiger partial charge in [-0.1, -0.05) is 19.1 Å². The van der Waals surface area contributed by atoms with Gasteiger partial charge in [0.25, 0.3) is 0 Å². The van der Waals surface area contributed by atoms with Gasteiger partial charge in [0.15, 0.2) is 0 Å². The molecule has 2 N–H and O–H groups in total. The SMILES string of the molecule is CCCN(c1ccc(CC(C)N)cc1C)C(C)C. The summed E-state index contributed by atoms with van der Waals surface area (Å²) in [4.78, 5) is 2.48. The molecule has 0 aliphatic rings. The molecule has 0 aliphatic heterocycles. The third kappa shape index (κ3) is 4.02. The summed E-state index contributed by atoms with van der Waals surface area (Å²) in [6.07, 6.45) is 2.13. The fraction of sp³-hybridized carbons (Fsp3) is 0.625. The van der Waals surface area contributed by atoms with Crippen LogP contribution in [0.25, 0.3) is 0 Å². The van der Waals surface area contributed by atoms with Crippen LogP contribution in [0.4, 0.5) is 5.69 Å². The van der Waals surface area contributed by atoms with Crippen LogP contribution < -0.4 is 10.6 Å². The molecule has 0 fully saturated rings. The summed E-state index contributed by atoms with van der Waals surface area (Å²) in [5, 5.41) is 0. The molecule has 2 heteroatoms. The standard InChI is InChI=1S/C16H28N2/c1-6-9-18(12(2)3)16-8-7-15(10-13(16)4)11-14(5)17/h7-8,10,12,14H,6,9,11,17H2,1-5H3. The van der Waals surface area contributed by atoms with Crippen molar-refractivity contribution in [1.82, 2.24) is 0 Å². The lowest BCUT2D eigenvalue weighted by molar-refractivity contribution is 0.668. The van der Waals surface area contributed by atoms with Gasteiger partial charge < -0.3 is 10.6 Å². The second-order valence-corrected chi connectivity index (χ2v) is 5.59. The maximum absolute atomic E-state index is 5.86. The van der Waals surface area contributed by atoms with Crippen molar-refractivity contribution in [2.24, 2.45) is 5.73 Å². The molecule has 18 heavy (non-hydrogen) atoms. The molecule has 0 saturated carbocycles. The zero-order chi connectivity index (χ0) is 13.7. The molecule has 0 amide bonds. The molecule has 0 aliphatic carbocycles. The highest BCUT2D eigenvalue weighted by molar-refractivity contribution is 5.55. The fourth-order valence-corrected chi connectivity index (χ4v) is 2.44. The van der Waals surface area contributed by atoms with E-state index in [0.717, 1.165) is 13.0 Å². The fourth-order valence-electron chi connectivity index (χ4n) is 2.44. The molecule has 1 rings (SSSR count). The zero-order valence-electron chi connectivity index (χ0n) is 12.5. The highest BCUT2D eigenvalue weighted by Crippen LogP contribution is 2.24. The first-order valence-corrected chi connectivity index (χ1v) is 7.07. The van der Waals surface area contributed by atoms with Crippen molar-refractivity contribution in [3.05, 3.63) is 29.3 Å². The maximum atomic E-state index is 5.86. The first-order valence-electron chi connectivity index (χ1n) is 7.07. The number of hydrogen-bond acceptors (Lipinski definition) is 2. The number of aryl methyl sites for hydroxylation is 1. The van der Waals surface area contributed by atoms with Gasteiger partial charge >= 0.3 is 0 Å². The molecule has 1 atom stereocenters. The third-order valence-electron chi connectivity index (χ3n) is 3.22. The van der Waals surface area contributed by atoms with Crippen LogP contribution in [0.5, 0.6) is 0 Å². The Morgan fingerprint density at radius 3 is 2.33 bits per heavy atom. The van der Waals surface area contributed by atoms with Crippen molar-refractivity contribution in [3.63, 3.8) is 0 Å². The van der Waals surface area contributed by atoms with E-state index in [2.05, 4.69) is 57.7 Å². The summed E-state index contributed by atoms with van der Waals surface area (Å²) in [5.74, 6) is 0. The highest BCUT2D eigenvalue weighted by Gasteiger charge is 2.12. The van der Waals surface area contributed by atoms with E-state index in [1.807, 2.05) is 0 Å². The van der Waals surface area contributed by atoms with Crippen molar-refractivity contribution in [3.8, 4) is 0 Å². The second kappa shape index (κ2) is 6.79. The topological polar surface area (TPSA) is 29.3 Å². The largest absolute Gasteiger partial charge is 0.369 e. The Morgan fingerprint density at radius 2 is 1.89 bits per heavy atom. The molecule has 1 aromatic carbocycles. The lowest BCUT2D eigenvalue weighted by Crippen LogP contribution is -2.32. The predicted molar refractivity (Wildman–Crippen MR) is 81.3 cm³/mol. The number of nitrogens with two attached hydrogens (primary N) is 1. The minimum absolute atomic E-state index is 0.229. The second-order valence-electron chi connectivity index (χ2n) is 5.59. The summed E-state index contributed by atoms with van der Waals surface area (Å²) in [7, 11) is 0. The van der Waals surface area contributed by atoms with Gasteiger partial charge in [0.1, 0.15) is 0 Å².